The van der Waals surface area contributed by atoms with E-state index >= 15 is 0 Å². The molecule has 0 saturated heterocycles. The van der Waals surface area contributed by atoms with Crippen molar-refractivity contribution in [3.63, 3.8) is 0 Å². The van der Waals surface area contributed by atoms with Gasteiger partial charge in [-0.2, -0.15) is 5.10 Å². The Bertz CT molecular complexity index is 507. The van der Waals surface area contributed by atoms with Gasteiger partial charge in [-0.15, -0.1) is 0 Å². The Morgan fingerprint density at radius 2 is 2.11 bits per heavy atom. The standard InChI is InChI=1S/C15H19N3O/c1-2-18-11-14(10-17-18)9-16-15(12-19)8-13-6-4-3-5-7-13/h2-7,10-11,15-16,19H,1,8-9,12H2. The molecule has 19 heavy (non-hydrogen) atoms. The molecule has 1 aromatic carbocycles. The Labute approximate surface area is 113 Å². The summed E-state index contributed by atoms with van der Waals surface area (Å²) in [6, 6.07) is 10.2. The van der Waals surface area contributed by atoms with Crippen molar-refractivity contribution in [2.45, 2.75) is 19.0 Å². The normalized spacial score (nSPS) is 12.3. The van der Waals surface area contributed by atoms with Crippen LogP contribution in [0.2, 0.25) is 0 Å². The summed E-state index contributed by atoms with van der Waals surface area (Å²) in [5.74, 6) is 0. The predicted octanol–water partition coefficient (Wildman–Crippen LogP) is 1.68. The minimum Gasteiger partial charge on any atom is -0.395 e. The van der Waals surface area contributed by atoms with Crippen molar-refractivity contribution < 1.29 is 5.11 Å². The second-order valence-electron chi connectivity index (χ2n) is 4.46. The lowest BCUT2D eigenvalue weighted by atomic mass is 10.1. The Morgan fingerprint density at radius 1 is 1.32 bits per heavy atom. The largest absolute Gasteiger partial charge is 0.395 e. The number of aliphatic hydroxyl groups excluding tert-OH is 1. The Kier molecular flexibility index (Phi) is 4.89. The molecule has 2 N–H and O–H groups in total. The van der Waals surface area contributed by atoms with Gasteiger partial charge in [0.05, 0.1) is 12.8 Å². The van der Waals surface area contributed by atoms with E-state index in [1.54, 1.807) is 17.1 Å². The highest BCUT2D eigenvalue weighted by Crippen LogP contribution is 2.04. The number of aromatic nitrogens is 2. The highest BCUT2D eigenvalue weighted by molar-refractivity contribution is 5.18. The first-order valence-electron chi connectivity index (χ1n) is 6.35. The van der Waals surface area contributed by atoms with Crippen molar-refractivity contribution in [3.8, 4) is 0 Å². The van der Waals surface area contributed by atoms with Crippen LogP contribution in [0.15, 0.2) is 49.3 Å². The molecule has 0 radical (unpaired) electrons. The maximum absolute atomic E-state index is 9.42. The molecule has 0 bridgehead atoms. The zero-order valence-electron chi connectivity index (χ0n) is 10.9. The summed E-state index contributed by atoms with van der Waals surface area (Å²) in [6.45, 7) is 4.45. The number of nitrogens with zero attached hydrogens (tertiary/aromatic N) is 2. The van der Waals surface area contributed by atoms with Gasteiger partial charge in [-0.1, -0.05) is 36.9 Å². The summed E-state index contributed by atoms with van der Waals surface area (Å²) < 4.78 is 1.67. The molecule has 0 amide bonds. The lowest BCUT2D eigenvalue weighted by Crippen LogP contribution is -2.33. The highest BCUT2D eigenvalue weighted by Gasteiger charge is 2.08. The molecule has 1 aromatic heterocycles. The molecule has 0 fully saturated rings. The fourth-order valence-electron chi connectivity index (χ4n) is 1.93. The van der Waals surface area contributed by atoms with Gasteiger partial charge in [0.2, 0.25) is 0 Å². The summed E-state index contributed by atoms with van der Waals surface area (Å²) in [5, 5.41) is 16.9. The van der Waals surface area contributed by atoms with E-state index in [2.05, 4.69) is 29.1 Å². The van der Waals surface area contributed by atoms with E-state index in [-0.39, 0.29) is 12.6 Å². The number of aliphatic hydroxyl groups is 1. The zero-order valence-corrected chi connectivity index (χ0v) is 10.9. The first-order chi connectivity index (χ1) is 9.31. The fourth-order valence-corrected chi connectivity index (χ4v) is 1.93. The predicted molar refractivity (Wildman–Crippen MR) is 76.5 cm³/mol. The van der Waals surface area contributed by atoms with Gasteiger partial charge < -0.3 is 10.4 Å². The number of hydrogen-bond acceptors (Lipinski definition) is 3. The maximum Gasteiger partial charge on any atom is 0.0587 e. The van der Waals surface area contributed by atoms with E-state index < -0.39 is 0 Å². The quantitative estimate of drug-likeness (QED) is 0.793. The van der Waals surface area contributed by atoms with Crippen LogP contribution in [0.3, 0.4) is 0 Å². The average molecular weight is 257 g/mol. The van der Waals surface area contributed by atoms with Crippen LogP contribution in [0, 0.1) is 0 Å². The lowest BCUT2D eigenvalue weighted by Gasteiger charge is -2.15. The first-order valence-corrected chi connectivity index (χ1v) is 6.35. The van der Waals surface area contributed by atoms with Crippen molar-refractivity contribution in [3.05, 3.63) is 60.4 Å². The van der Waals surface area contributed by atoms with Crippen molar-refractivity contribution in [1.29, 1.82) is 0 Å². The average Bonchev–Trinajstić information content (AvgIpc) is 2.92. The molecule has 0 aliphatic rings. The third-order valence-corrected chi connectivity index (χ3v) is 2.98. The van der Waals surface area contributed by atoms with E-state index in [1.807, 2.05) is 24.4 Å². The molecule has 100 valence electrons. The Morgan fingerprint density at radius 3 is 2.74 bits per heavy atom. The van der Waals surface area contributed by atoms with E-state index in [1.165, 1.54) is 5.56 Å². The van der Waals surface area contributed by atoms with Crippen LogP contribution < -0.4 is 5.32 Å². The molecule has 4 nitrogen and oxygen atoms in total. The van der Waals surface area contributed by atoms with E-state index in [9.17, 15) is 5.11 Å². The topological polar surface area (TPSA) is 50.1 Å². The van der Waals surface area contributed by atoms with E-state index in [0.717, 1.165) is 12.0 Å². The van der Waals surface area contributed by atoms with E-state index in [4.69, 9.17) is 0 Å². The summed E-state index contributed by atoms with van der Waals surface area (Å²) in [6.07, 6.45) is 6.17. The van der Waals surface area contributed by atoms with Crippen molar-refractivity contribution in [1.82, 2.24) is 15.1 Å². The highest BCUT2D eigenvalue weighted by atomic mass is 16.3. The van der Waals surface area contributed by atoms with Gasteiger partial charge in [-0.3, -0.25) is 0 Å². The molecule has 0 saturated carbocycles. The molecule has 1 heterocycles. The second kappa shape index (κ2) is 6.87. The summed E-state index contributed by atoms with van der Waals surface area (Å²) in [5.41, 5.74) is 2.29. The van der Waals surface area contributed by atoms with Crippen LogP contribution >= 0.6 is 0 Å². The van der Waals surface area contributed by atoms with Crippen molar-refractivity contribution in [2.24, 2.45) is 0 Å². The van der Waals surface area contributed by atoms with Gasteiger partial charge in [-0.25, -0.2) is 4.68 Å². The van der Waals surface area contributed by atoms with Gasteiger partial charge in [-0.05, 0) is 12.0 Å². The lowest BCUT2D eigenvalue weighted by molar-refractivity contribution is 0.241. The second-order valence-corrected chi connectivity index (χ2v) is 4.46. The van der Waals surface area contributed by atoms with Crippen LogP contribution in [-0.4, -0.2) is 27.5 Å². The van der Waals surface area contributed by atoms with Gasteiger partial charge in [0, 0.05) is 30.5 Å². The molecule has 1 unspecified atom stereocenters. The minimum atomic E-state index is 0.0504. The summed E-state index contributed by atoms with van der Waals surface area (Å²) in [7, 11) is 0. The number of nitrogens with one attached hydrogen (secondary N) is 1. The van der Waals surface area contributed by atoms with Crippen molar-refractivity contribution >= 4 is 6.20 Å². The Balaban J connectivity index is 1.87. The molecule has 2 aromatic rings. The molecule has 4 heteroatoms. The van der Waals surface area contributed by atoms with Crippen LogP contribution in [0.4, 0.5) is 0 Å². The van der Waals surface area contributed by atoms with Gasteiger partial charge in [0.1, 0.15) is 0 Å². The SMILES string of the molecule is C=Cn1cc(CNC(CO)Cc2ccccc2)cn1. The smallest absolute Gasteiger partial charge is 0.0587 e. The molecule has 0 aliphatic heterocycles. The fraction of sp³-hybridized carbons (Fsp3) is 0.267. The molecule has 2 rings (SSSR count). The Hall–Kier alpha value is -1.91. The number of rotatable bonds is 7. The summed E-state index contributed by atoms with van der Waals surface area (Å²) >= 11 is 0. The minimum absolute atomic E-state index is 0.0504. The van der Waals surface area contributed by atoms with Crippen LogP contribution in [0.25, 0.3) is 6.20 Å². The number of hydrogen-bond donors (Lipinski definition) is 2. The van der Waals surface area contributed by atoms with Crippen LogP contribution in [-0.2, 0) is 13.0 Å². The third kappa shape index (κ3) is 4.05. The molecule has 0 aliphatic carbocycles. The molecular weight excluding hydrogens is 238 g/mol. The van der Waals surface area contributed by atoms with E-state index in [0.29, 0.717) is 6.54 Å². The maximum atomic E-state index is 9.42. The van der Waals surface area contributed by atoms with Crippen LogP contribution in [0.5, 0.6) is 0 Å². The van der Waals surface area contributed by atoms with Gasteiger partial charge in [0.15, 0.2) is 0 Å². The van der Waals surface area contributed by atoms with Crippen molar-refractivity contribution in [2.75, 3.05) is 6.61 Å². The van der Waals surface area contributed by atoms with Crippen LogP contribution in [0.1, 0.15) is 11.1 Å². The first kappa shape index (κ1) is 13.5. The summed E-state index contributed by atoms with van der Waals surface area (Å²) in [4.78, 5) is 0. The monoisotopic (exact) mass is 257 g/mol. The molecule has 0 spiro atoms. The van der Waals surface area contributed by atoms with Gasteiger partial charge in [0.25, 0.3) is 0 Å². The number of benzene rings is 1. The molecule has 1 atom stereocenters. The molecular formula is C15H19N3O. The zero-order chi connectivity index (χ0) is 13.5. The third-order valence-electron chi connectivity index (χ3n) is 2.98. The van der Waals surface area contributed by atoms with Gasteiger partial charge >= 0.3 is 0 Å².